The molecule has 5 N–H and O–H groups in total. The lowest BCUT2D eigenvalue weighted by atomic mass is 9.43. The lowest BCUT2D eigenvalue weighted by molar-refractivity contribution is -0.198. The van der Waals surface area contributed by atoms with Crippen molar-refractivity contribution in [3.63, 3.8) is 0 Å². The normalized spacial score (nSPS) is 36.8. The summed E-state index contributed by atoms with van der Waals surface area (Å²) < 4.78 is 5.43. The maximum Gasteiger partial charge on any atom is 0.345 e. The van der Waals surface area contributed by atoms with Crippen molar-refractivity contribution in [2.24, 2.45) is 45.2 Å². The van der Waals surface area contributed by atoms with Crippen molar-refractivity contribution in [1.29, 1.82) is 0 Å². The summed E-state index contributed by atoms with van der Waals surface area (Å²) in [6, 6.07) is -3.12. The molecule has 4 saturated carbocycles. The number of alkyl halides is 1. The molecule has 0 aliphatic heterocycles. The van der Waals surface area contributed by atoms with Gasteiger partial charge in [-0.3, -0.25) is 4.79 Å². The largest absolute Gasteiger partial charge is 0.478 e. The SMILES string of the molecule is C[C@]12CCC(=O)C[C@H]1CC[C@@H]1[C@@H]2CC[C@@]2(C)[C@H]1CC[C@]2(C)[C@H](OC(=O)[C@@H](O)[C@@H](O)[C@H](O)[C@H](C=O)NC(=O)N(CCCl)N=O)C(=O)O. The van der Waals surface area contributed by atoms with E-state index in [9.17, 15) is 49.3 Å². The molecule has 0 spiro atoms. The van der Waals surface area contributed by atoms with Crippen LogP contribution < -0.4 is 5.32 Å². The van der Waals surface area contributed by atoms with Gasteiger partial charge in [-0.1, -0.05) is 20.8 Å². The molecule has 46 heavy (non-hydrogen) atoms. The second-order valence-corrected chi connectivity index (χ2v) is 14.8. The first kappa shape index (κ1) is 36.2. The Balaban J connectivity index is 1.48. The zero-order valence-electron chi connectivity index (χ0n) is 26.5. The fraction of sp³-hybridized carbons (Fsp3) is 0.839. The number of aliphatic hydroxyl groups excluding tert-OH is 3. The summed E-state index contributed by atoms with van der Waals surface area (Å²) >= 11 is 5.49. The summed E-state index contributed by atoms with van der Waals surface area (Å²) in [5, 5.41) is 46.7. The minimum absolute atomic E-state index is 0.0174. The number of aliphatic carboxylic acids is 1. The number of esters is 1. The van der Waals surface area contributed by atoms with Gasteiger partial charge in [0.2, 0.25) is 6.10 Å². The number of ether oxygens (including phenoxy) is 1. The van der Waals surface area contributed by atoms with Gasteiger partial charge in [0.25, 0.3) is 0 Å². The van der Waals surface area contributed by atoms with Crippen molar-refractivity contribution in [3.05, 3.63) is 4.91 Å². The third-order valence-electron chi connectivity index (χ3n) is 12.5. The summed E-state index contributed by atoms with van der Waals surface area (Å²) in [6.07, 6.45) is -2.03. The van der Waals surface area contributed by atoms with Gasteiger partial charge in [0.05, 0.1) is 11.8 Å². The number of urea groups is 1. The molecule has 4 aliphatic rings. The van der Waals surface area contributed by atoms with Crippen LogP contribution in [0.4, 0.5) is 4.79 Å². The lowest BCUT2D eigenvalue weighted by Crippen LogP contribution is -2.59. The molecule has 14 nitrogen and oxygen atoms in total. The highest BCUT2D eigenvalue weighted by Crippen LogP contribution is 2.71. The number of carboxylic acids is 1. The Morgan fingerprint density at radius 1 is 1.07 bits per heavy atom. The van der Waals surface area contributed by atoms with E-state index in [4.69, 9.17) is 16.3 Å². The molecule has 0 saturated heterocycles. The van der Waals surface area contributed by atoms with Gasteiger partial charge in [-0.2, -0.15) is 5.01 Å². The van der Waals surface area contributed by atoms with E-state index < -0.39 is 59.3 Å². The zero-order valence-corrected chi connectivity index (χ0v) is 27.2. The summed E-state index contributed by atoms with van der Waals surface area (Å²) in [5.74, 6) is -1.49. The van der Waals surface area contributed by atoms with Crippen LogP contribution in [0.25, 0.3) is 0 Å². The van der Waals surface area contributed by atoms with E-state index in [0.29, 0.717) is 54.2 Å². The van der Waals surface area contributed by atoms with Crippen LogP contribution in [0.5, 0.6) is 0 Å². The number of nitroso groups, excluding NO2 is 1. The number of aldehydes is 1. The molecule has 15 heteroatoms. The molecule has 0 aromatic carbocycles. The molecule has 12 atom stereocenters. The Morgan fingerprint density at radius 3 is 2.35 bits per heavy atom. The number of ketones is 1. The molecule has 4 rings (SSSR count). The summed E-state index contributed by atoms with van der Waals surface area (Å²) in [7, 11) is 0. The molecular weight excluding hydrogens is 626 g/mol. The van der Waals surface area contributed by atoms with E-state index in [1.807, 2.05) is 5.32 Å². The highest BCUT2D eigenvalue weighted by Gasteiger charge is 2.67. The predicted molar refractivity (Wildman–Crippen MR) is 162 cm³/mol. The Labute approximate surface area is 272 Å². The monoisotopic (exact) mass is 671 g/mol. The molecule has 4 aliphatic carbocycles. The molecule has 0 radical (unpaired) electrons. The van der Waals surface area contributed by atoms with Crippen LogP contribution in [-0.4, -0.2) is 98.4 Å². The van der Waals surface area contributed by atoms with Crippen LogP contribution in [0.15, 0.2) is 5.29 Å². The van der Waals surface area contributed by atoms with Crippen LogP contribution >= 0.6 is 11.6 Å². The first-order valence-electron chi connectivity index (χ1n) is 16.0. The number of aliphatic hydroxyl groups is 3. The number of Topliss-reactive ketones (excluding diaryl/α,β-unsaturated/α-hetero) is 1. The minimum atomic E-state index is -2.48. The second-order valence-electron chi connectivity index (χ2n) is 14.4. The van der Waals surface area contributed by atoms with E-state index in [0.717, 1.165) is 32.1 Å². The average Bonchev–Trinajstić information content (AvgIpc) is 3.30. The van der Waals surface area contributed by atoms with Crippen LogP contribution in [0.2, 0.25) is 0 Å². The Hall–Kier alpha value is -2.68. The fourth-order valence-corrected chi connectivity index (χ4v) is 9.79. The smallest absolute Gasteiger partial charge is 0.345 e. The standard InChI is InChI=1S/C31H46ClN3O11/c1-29-9-6-17(37)14-16(29)4-5-18-19(29)7-10-30(2)20(18)8-11-31(30,3)25(26(41)42)46-27(43)24(40)23(39)22(38)21(15-36)33-28(44)35(34-45)13-12-32/h15-16,18-25,38-40H,4-14H2,1-3H3,(H,33,44)(H,41,42)/t16-,18-,19+,20+,21+,22-,23+,24+,25-,29+,30+,31-/m1/s1. The number of nitrogens with one attached hydrogen (secondary N) is 1. The van der Waals surface area contributed by atoms with Crippen molar-refractivity contribution in [2.75, 3.05) is 12.4 Å². The van der Waals surface area contributed by atoms with E-state index in [1.54, 1.807) is 6.92 Å². The minimum Gasteiger partial charge on any atom is -0.478 e. The van der Waals surface area contributed by atoms with Crippen LogP contribution in [0.3, 0.4) is 0 Å². The van der Waals surface area contributed by atoms with Crippen molar-refractivity contribution < 1.29 is 49.1 Å². The lowest BCUT2D eigenvalue weighted by Gasteiger charge is -2.61. The first-order valence-corrected chi connectivity index (χ1v) is 16.5. The maximum atomic E-state index is 13.1. The number of fused-ring (bicyclic) bond motifs is 5. The zero-order chi connectivity index (χ0) is 34.2. The quantitative estimate of drug-likeness (QED) is 0.0665. The second kappa shape index (κ2) is 13.8. The van der Waals surface area contributed by atoms with E-state index in [2.05, 4.69) is 19.1 Å². The molecule has 0 aromatic heterocycles. The Bertz CT molecular complexity index is 1220. The third-order valence-corrected chi connectivity index (χ3v) is 12.7. The molecular formula is C31H46ClN3O11. The number of rotatable bonds is 12. The number of hydrogen-bond donors (Lipinski definition) is 5. The Morgan fingerprint density at radius 2 is 1.74 bits per heavy atom. The number of halogens is 1. The van der Waals surface area contributed by atoms with E-state index in [1.165, 1.54) is 0 Å². The van der Waals surface area contributed by atoms with Gasteiger partial charge in [0, 0.05) is 24.1 Å². The predicted octanol–water partition coefficient (Wildman–Crippen LogP) is 2.18. The van der Waals surface area contributed by atoms with Gasteiger partial charge >= 0.3 is 18.0 Å². The topological polar surface area (TPSA) is 220 Å². The maximum absolute atomic E-state index is 13.1. The number of nitrogens with zero attached hydrogens (tertiary/aromatic N) is 2. The van der Waals surface area contributed by atoms with Crippen LogP contribution in [0.1, 0.15) is 78.6 Å². The first-order chi connectivity index (χ1) is 21.6. The fourth-order valence-electron chi connectivity index (χ4n) is 9.63. The van der Waals surface area contributed by atoms with Crippen LogP contribution in [-0.2, 0) is 23.9 Å². The van der Waals surface area contributed by atoms with E-state index in [-0.39, 0.29) is 30.0 Å². The highest BCUT2D eigenvalue weighted by atomic mass is 35.5. The number of carboxylic acid groups (broad SMARTS) is 1. The molecule has 0 heterocycles. The van der Waals surface area contributed by atoms with Crippen LogP contribution in [0, 0.1) is 44.8 Å². The molecule has 258 valence electrons. The number of carbonyl (C=O) groups is 5. The number of amides is 2. The number of carbonyl (C=O) groups excluding carboxylic acids is 4. The summed E-state index contributed by atoms with van der Waals surface area (Å²) in [6.45, 7) is 5.83. The van der Waals surface area contributed by atoms with Gasteiger partial charge in [0.15, 0.2) is 6.10 Å². The van der Waals surface area contributed by atoms with Crippen molar-refractivity contribution in [3.8, 4) is 0 Å². The number of hydrogen-bond acceptors (Lipinski definition) is 11. The summed E-state index contributed by atoms with van der Waals surface area (Å²) in [4.78, 5) is 72.7. The molecule has 4 fully saturated rings. The van der Waals surface area contributed by atoms with Crippen molar-refractivity contribution in [1.82, 2.24) is 10.3 Å². The highest BCUT2D eigenvalue weighted by molar-refractivity contribution is 6.18. The third kappa shape index (κ3) is 6.17. The van der Waals surface area contributed by atoms with E-state index >= 15 is 0 Å². The van der Waals surface area contributed by atoms with Gasteiger partial charge in [0.1, 0.15) is 30.3 Å². The van der Waals surface area contributed by atoms with Crippen molar-refractivity contribution in [2.45, 2.75) is 109 Å². The van der Waals surface area contributed by atoms with Crippen molar-refractivity contribution >= 4 is 41.6 Å². The summed E-state index contributed by atoms with van der Waals surface area (Å²) in [5.41, 5.74) is -1.49. The van der Waals surface area contributed by atoms with Gasteiger partial charge < -0.3 is 35.3 Å². The molecule has 0 bridgehead atoms. The van der Waals surface area contributed by atoms with Gasteiger partial charge in [-0.05, 0) is 79.4 Å². The molecule has 0 unspecified atom stereocenters. The molecule has 0 aromatic rings. The molecule has 2 amide bonds. The average molecular weight is 672 g/mol. The van der Waals surface area contributed by atoms with Gasteiger partial charge in [-0.15, -0.1) is 16.5 Å². The van der Waals surface area contributed by atoms with Gasteiger partial charge in [-0.25, -0.2) is 14.4 Å². The Kier molecular flexibility index (Phi) is 10.9.